The third-order valence-electron chi connectivity index (χ3n) is 3.00. The van der Waals surface area contributed by atoms with E-state index in [0.717, 1.165) is 36.4 Å². The number of benzene rings is 1. The maximum atomic E-state index is 5.82. The van der Waals surface area contributed by atoms with Crippen LogP contribution in [0.4, 0.5) is 0 Å². The van der Waals surface area contributed by atoms with Gasteiger partial charge in [0.05, 0.1) is 18.2 Å². The number of rotatable bonds is 3. The summed E-state index contributed by atoms with van der Waals surface area (Å²) in [5.41, 5.74) is 0.780. The first kappa shape index (κ1) is 9.66. The number of nitrogens with one attached hydrogen (secondary N) is 1. The van der Waals surface area contributed by atoms with Crippen LogP contribution in [0.15, 0.2) is 28.9 Å². The van der Waals surface area contributed by atoms with E-state index in [1.165, 1.54) is 6.42 Å². The van der Waals surface area contributed by atoms with E-state index < -0.39 is 0 Å². The summed E-state index contributed by atoms with van der Waals surface area (Å²) < 4.78 is 10.9. The maximum absolute atomic E-state index is 5.82. The first-order chi connectivity index (χ1) is 7.93. The number of nitrogens with zero attached hydrogens (tertiary/aromatic N) is 1. The Balaban J connectivity index is 1.75. The van der Waals surface area contributed by atoms with Crippen molar-refractivity contribution in [3.05, 3.63) is 24.4 Å². The standard InChI is InChI=1S/C12H14N2O2/c1-2-11(10-7-14-16-12(10)3-1)15-8-9-4-5-13-6-9/h1-3,7,9,13H,4-6,8H2. The second-order valence-corrected chi connectivity index (χ2v) is 4.16. The molecule has 16 heavy (non-hydrogen) atoms. The molecule has 1 aromatic carbocycles. The van der Waals surface area contributed by atoms with E-state index in [9.17, 15) is 0 Å². The Hall–Kier alpha value is -1.55. The molecule has 1 aliphatic heterocycles. The highest BCUT2D eigenvalue weighted by atomic mass is 16.5. The predicted molar refractivity (Wildman–Crippen MR) is 60.5 cm³/mol. The molecule has 84 valence electrons. The van der Waals surface area contributed by atoms with Crippen LogP contribution in [0.5, 0.6) is 5.75 Å². The molecule has 1 N–H and O–H groups in total. The smallest absolute Gasteiger partial charge is 0.170 e. The van der Waals surface area contributed by atoms with Gasteiger partial charge in [0.2, 0.25) is 0 Å². The summed E-state index contributed by atoms with van der Waals surface area (Å²) >= 11 is 0. The van der Waals surface area contributed by atoms with Crippen LogP contribution in [0.2, 0.25) is 0 Å². The van der Waals surface area contributed by atoms with Crippen LogP contribution in [0, 0.1) is 5.92 Å². The van der Waals surface area contributed by atoms with Gasteiger partial charge >= 0.3 is 0 Å². The summed E-state index contributed by atoms with van der Waals surface area (Å²) in [7, 11) is 0. The van der Waals surface area contributed by atoms with Gasteiger partial charge in [-0.1, -0.05) is 11.2 Å². The van der Waals surface area contributed by atoms with Crippen LogP contribution in [0.3, 0.4) is 0 Å². The Labute approximate surface area is 93.6 Å². The Morgan fingerprint density at radius 1 is 1.50 bits per heavy atom. The van der Waals surface area contributed by atoms with Gasteiger partial charge in [-0.15, -0.1) is 0 Å². The van der Waals surface area contributed by atoms with Gasteiger partial charge in [-0.3, -0.25) is 0 Å². The topological polar surface area (TPSA) is 47.3 Å². The fourth-order valence-corrected chi connectivity index (χ4v) is 2.06. The van der Waals surface area contributed by atoms with E-state index in [4.69, 9.17) is 9.26 Å². The van der Waals surface area contributed by atoms with Crippen molar-refractivity contribution < 1.29 is 9.26 Å². The molecule has 1 atom stereocenters. The molecule has 0 radical (unpaired) electrons. The number of ether oxygens (including phenoxy) is 1. The fourth-order valence-electron chi connectivity index (χ4n) is 2.06. The van der Waals surface area contributed by atoms with Crippen LogP contribution in [-0.4, -0.2) is 24.9 Å². The van der Waals surface area contributed by atoms with Crippen LogP contribution in [-0.2, 0) is 0 Å². The van der Waals surface area contributed by atoms with Crippen LogP contribution >= 0.6 is 0 Å². The minimum absolute atomic E-state index is 0.620. The first-order valence-electron chi connectivity index (χ1n) is 5.60. The molecule has 1 aliphatic rings. The lowest BCUT2D eigenvalue weighted by Crippen LogP contribution is -2.15. The Bertz CT molecular complexity index is 475. The lowest BCUT2D eigenvalue weighted by atomic mass is 10.1. The van der Waals surface area contributed by atoms with E-state index in [-0.39, 0.29) is 0 Å². The number of hydrogen-bond acceptors (Lipinski definition) is 4. The molecule has 0 bridgehead atoms. The van der Waals surface area contributed by atoms with Crippen LogP contribution in [0.1, 0.15) is 6.42 Å². The van der Waals surface area contributed by atoms with E-state index in [0.29, 0.717) is 5.92 Å². The average Bonchev–Trinajstić information content (AvgIpc) is 2.97. The first-order valence-corrected chi connectivity index (χ1v) is 5.60. The molecule has 1 fully saturated rings. The van der Waals surface area contributed by atoms with Crippen molar-refractivity contribution in [2.24, 2.45) is 5.92 Å². The van der Waals surface area contributed by atoms with E-state index >= 15 is 0 Å². The van der Waals surface area contributed by atoms with Gasteiger partial charge in [0.15, 0.2) is 5.58 Å². The SMILES string of the molecule is c1cc(OCC2CCNC2)c2cnoc2c1. The lowest BCUT2D eigenvalue weighted by molar-refractivity contribution is 0.263. The van der Waals surface area contributed by atoms with Gasteiger partial charge in [0.25, 0.3) is 0 Å². The summed E-state index contributed by atoms with van der Waals surface area (Å²) in [6.45, 7) is 2.92. The summed E-state index contributed by atoms with van der Waals surface area (Å²) in [5, 5.41) is 8.06. The second-order valence-electron chi connectivity index (χ2n) is 4.16. The zero-order valence-corrected chi connectivity index (χ0v) is 8.98. The molecule has 2 aromatic rings. The molecule has 1 unspecified atom stereocenters. The highest BCUT2D eigenvalue weighted by Crippen LogP contribution is 2.25. The van der Waals surface area contributed by atoms with Gasteiger partial charge in [0, 0.05) is 12.5 Å². The zero-order chi connectivity index (χ0) is 10.8. The lowest BCUT2D eigenvalue weighted by Gasteiger charge is -2.10. The third-order valence-corrected chi connectivity index (χ3v) is 3.00. The van der Waals surface area contributed by atoms with Gasteiger partial charge in [-0.05, 0) is 25.1 Å². The van der Waals surface area contributed by atoms with Crippen LogP contribution in [0.25, 0.3) is 11.0 Å². The highest BCUT2D eigenvalue weighted by molar-refractivity contribution is 5.82. The molecule has 0 aliphatic carbocycles. The second kappa shape index (κ2) is 4.14. The van der Waals surface area contributed by atoms with E-state index in [2.05, 4.69) is 10.5 Å². The zero-order valence-electron chi connectivity index (χ0n) is 8.98. The molecule has 3 rings (SSSR count). The molecule has 0 amide bonds. The van der Waals surface area contributed by atoms with Crippen molar-refractivity contribution in [3.8, 4) is 5.75 Å². The number of fused-ring (bicyclic) bond motifs is 1. The molecule has 2 heterocycles. The molecule has 0 saturated carbocycles. The normalized spacial score (nSPS) is 20.4. The Morgan fingerprint density at radius 3 is 3.38 bits per heavy atom. The van der Waals surface area contributed by atoms with E-state index in [1.54, 1.807) is 6.20 Å². The summed E-state index contributed by atoms with van der Waals surface area (Å²) in [6, 6.07) is 5.78. The van der Waals surface area contributed by atoms with Crippen molar-refractivity contribution in [3.63, 3.8) is 0 Å². The highest BCUT2D eigenvalue weighted by Gasteiger charge is 2.15. The molecule has 1 aromatic heterocycles. The minimum Gasteiger partial charge on any atom is -0.492 e. The summed E-state index contributed by atoms with van der Waals surface area (Å²) in [6.07, 6.45) is 2.90. The van der Waals surface area contributed by atoms with Crippen molar-refractivity contribution in [2.75, 3.05) is 19.7 Å². The van der Waals surface area contributed by atoms with Gasteiger partial charge in [-0.25, -0.2) is 0 Å². The van der Waals surface area contributed by atoms with Crippen molar-refractivity contribution in [2.45, 2.75) is 6.42 Å². The summed E-state index contributed by atoms with van der Waals surface area (Å²) in [5.74, 6) is 1.49. The van der Waals surface area contributed by atoms with Gasteiger partial charge in [-0.2, -0.15) is 0 Å². The fraction of sp³-hybridized carbons (Fsp3) is 0.417. The van der Waals surface area contributed by atoms with Gasteiger partial charge < -0.3 is 14.6 Å². The quantitative estimate of drug-likeness (QED) is 0.853. The molecule has 4 heteroatoms. The molecule has 0 spiro atoms. The van der Waals surface area contributed by atoms with Crippen LogP contribution < -0.4 is 10.1 Å². The molecular formula is C12H14N2O2. The minimum atomic E-state index is 0.620. The molecular weight excluding hydrogens is 204 g/mol. The van der Waals surface area contributed by atoms with E-state index in [1.807, 2.05) is 18.2 Å². The largest absolute Gasteiger partial charge is 0.492 e. The molecule has 1 saturated heterocycles. The van der Waals surface area contributed by atoms with Crippen molar-refractivity contribution in [1.29, 1.82) is 0 Å². The van der Waals surface area contributed by atoms with Gasteiger partial charge in [0.1, 0.15) is 5.75 Å². The third kappa shape index (κ3) is 1.76. The molecule has 4 nitrogen and oxygen atoms in total. The van der Waals surface area contributed by atoms with Crippen molar-refractivity contribution >= 4 is 11.0 Å². The average molecular weight is 218 g/mol. The Morgan fingerprint density at radius 2 is 2.50 bits per heavy atom. The summed E-state index contributed by atoms with van der Waals surface area (Å²) in [4.78, 5) is 0. The maximum Gasteiger partial charge on any atom is 0.170 e. The van der Waals surface area contributed by atoms with Crippen molar-refractivity contribution in [1.82, 2.24) is 10.5 Å². The Kier molecular flexibility index (Phi) is 2.50. The number of hydrogen-bond donors (Lipinski definition) is 1. The predicted octanol–water partition coefficient (Wildman–Crippen LogP) is 1.82. The monoisotopic (exact) mass is 218 g/mol. The number of aromatic nitrogens is 1.